The summed E-state index contributed by atoms with van der Waals surface area (Å²) in [6.45, 7) is 7.79. The third-order valence-corrected chi connectivity index (χ3v) is 5.26. The van der Waals surface area contributed by atoms with E-state index in [0.717, 1.165) is 23.9 Å². The standard InChI is InChI=1S/C14H25N3/c1-2-11(1)14(12-3-4-12)17-7-5-16(6-8-17)13-9-15-10-13/h11-15H,1-10H2. The average Bonchev–Trinajstić information content (AvgIpc) is 3.11. The molecule has 4 rings (SSSR count). The molecule has 0 aromatic heterocycles. The first kappa shape index (κ1) is 10.8. The second kappa shape index (κ2) is 4.22. The quantitative estimate of drug-likeness (QED) is 0.776. The smallest absolute Gasteiger partial charge is 0.0346 e. The molecule has 1 N–H and O–H groups in total. The summed E-state index contributed by atoms with van der Waals surface area (Å²) in [7, 11) is 0. The van der Waals surface area contributed by atoms with Crippen LogP contribution in [0.3, 0.4) is 0 Å². The molecule has 0 radical (unpaired) electrons. The summed E-state index contributed by atoms with van der Waals surface area (Å²) in [5.74, 6) is 2.17. The van der Waals surface area contributed by atoms with Crippen LogP contribution in [0.4, 0.5) is 0 Å². The zero-order valence-electron chi connectivity index (χ0n) is 10.8. The van der Waals surface area contributed by atoms with Crippen molar-refractivity contribution in [1.29, 1.82) is 0 Å². The Morgan fingerprint density at radius 1 is 0.824 bits per heavy atom. The molecule has 0 spiro atoms. The highest BCUT2D eigenvalue weighted by molar-refractivity contribution is 4.99. The molecule has 0 unspecified atom stereocenters. The molecule has 4 fully saturated rings. The van der Waals surface area contributed by atoms with Crippen LogP contribution in [-0.4, -0.2) is 61.2 Å². The lowest BCUT2D eigenvalue weighted by atomic mass is 10.0. The Hall–Kier alpha value is -0.120. The maximum Gasteiger partial charge on any atom is 0.0346 e. The van der Waals surface area contributed by atoms with E-state index in [1.807, 2.05) is 0 Å². The van der Waals surface area contributed by atoms with E-state index in [1.54, 1.807) is 0 Å². The summed E-state index contributed by atoms with van der Waals surface area (Å²) in [6.07, 6.45) is 6.09. The van der Waals surface area contributed by atoms with Crippen molar-refractivity contribution >= 4 is 0 Å². The van der Waals surface area contributed by atoms with E-state index in [0.29, 0.717) is 0 Å². The molecule has 0 atom stereocenters. The molecular weight excluding hydrogens is 210 g/mol. The number of rotatable bonds is 4. The molecule has 3 heteroatoms. The maximum atomic E-state index is 3.39. The molecule has 0 bridgehead atoms. The van der Waals surface area contributed by atoms with Crippen LogP contribution in [0.1, 0.15) is 25.7 Å². The highest BCUT2D eigenvalue weighted by Crippen LogP contribution is 2.47. The molecule has 2 aliphatic heterocycles. The molecule has 2 saturated carbocycles. The highest BCUT2D eigenvalue weighted by Gasteiger charge is 2.45. The van der Waals surface area contributed by atoms with Gasteiger partial charge in [-0.3, -0.25) is 9.80 Å². The van der Waals surface area contributed by atoms with Gasteiger partial charge in [0.2, 0.25) is 0 Å². The first-order valence-corrected chi connectivity index (χ1v) is 7.60. The molecule has 2 saturated heterocycles. The van der Waals surface area contributed by atoms with Gasteiger partial charge in [0.15, 0.2) is 0 Å². The lowest BCUT2D eigenvalue weighted by Crippen LogP contribution is -2.62. The fraction of sp³-hybridized carbons (Fsp3) is 1.00. The second-order valence-corrected chi connectivity index (χ2v) is 6.55. The minimum atomic E-state index is 0.859. The van der Waals surface area contributed by atoms with Crippen molar-refractivity contribution < 1.29 is 0 Å². The summed E-state index contributed by atoms with van der Waals surface area (Å²) in [5.41, 5.74) is 0. The topological polar surface area (TPSA) is 18.5 Å². The molecule has 2 aliphatic carbocycles. The van der Waals surface area contributed by atoms with Crippen LogP contribution < -0.4 is 5.32 Å². The predicted molar refractivity (Wildman–Crippen MR) is 69.0 cm³/mol. The van der Waals surface area contributed by atoms with E-state index >= 15 is 0 Å². The van der Waals surface area contributed by atoms with Crippen molar-refractivity contribution in [3.8, 4) is 0 Å². The lowest BCUT2D eigenvalue weighted by Gasteiger charge is -2.45. The van der Waals surface area contributed by atoms with Gasteiger partial charge in [0.1, 0.15) is 0 Å². The number of hydrogen-bond acceptors (Lipinski definition) is 3. The SMILES string of the molecule is C1CC1C(C1CC1)N1CCN(C2CNC2)CC1. The zero-order valence-corrected chi connectivity index (χ0v) is 10.8. The summed E-state index contributed by atoms with van der Waals surface area (Å²) in [6, 6.07) is 1.84. The van der Waals surface area contributed by atoms with E-state index in [-0.39, 0.29) is 0 Å². The molecule has 3 nitrogen and oxygen atoms in total. The Kier molecular flexibility index (Phi) is 2.67. The van der Waals surface area contributed by atoms with Gasteiger partial charge in [-0.25, -0.2) is 0 Å². The minimum Gasteiger partial charge on any atom is -0.314 e. The van der Waals surface area contributed by atoms with Crippen LogP contribution in [-0.2, 0) is 0 Å². The summed E-state index contributed by atoms with van der Waals surface area (Å²) in [4.78, 5) is 5.56. The van der Waals surface area contributed by atoms with Gasteiger partial charge in [-0.1, -0.05) is 0 Å². The third kappa shape index (κ3) is 2.13. The fourth-order valence-corrected chi connectivity index (χ4v) is 3.79. The van der Waals surface area contributed by atoms with Gasteiger partial charge in [-0.05, 0) is 37.5 Å². The van der Waals surface area contributed by atoms with Gasteiger partial charge in [0, 0.05) is 51.4 Å². The van der Waals surface area contributed by atoms with Gasteiger partial charge >= 0.3 is 0 Å². The monoisotopic (exact) mass is 235 g/mol. The molecular formula is C14H25N3. The third-order valence-electron chi connectivity index (χ3n) is 5.26. The lowest BCUT2D eigenvalue weighted by molar-refractivity contribution is 0.0401. The fourth-order valence-electron chi connectivity index (χ4n) is 3.79. The van der Waals surface area contributed by atoms with E-state index in [2.05, 4.69) is 15.1 Å². The van der Waals surface area contributed by atoms with Gasteiger partial charge < -0.3 is 5.32 Å². The Morgan fingerprint density at radius 3 is 1.82 bits per heavy atom. The van der Waals surface area contributed by atoms with Crippen LogP contribution >= 0.6 is 0 Å². The Balaban J connectivity index is 1.33. The molecule has 2 heterocycles. The van der Waals surface area contributed by atoms with Gasteiger partial charge in [-0.2, -0.15) is 0 Å². The van der Waals surface area contributed by atoms with Crippen LogP contribution in [0.5, 0.6) is 0 Å². The molecule has 17 heavy (non-hydrogen) atoms. The predicted octanol–water partition coefficient (Wildman–Crippen LogP) is 0.764. The second-order valence-electron chi connectivity index (χ2n) is 6.55. The van der Waals surface area contributed by atoms with Gasteiger partial charge in [0.05, 0.1) is 0 Å². The van der Waals surface area contributed by atoms with Gasteiger partial charge in [0.25, 0.3) is 0 Å². The summed E-state index contributed by atoms with van der Waals surface area (Å²) < 4.78 is 0. The summed E-state index contributed by atoms with van der Waals surface area (Å²) >= 11 is 0. The van der Waals surface area contributed by atoms with Crippen LogP contribution in [0, 0.1) is 11.8 Å². The zero-order chi connectivity index (χ0) is 11.2. The van der Waals surface area contributed by atoms with E-state index in [4.69, 9.17) is 0 Å². The Morgan fingerprint density at radius 2 is 1.41 bits per heavy atom. The van der Waals surface area contributed by atoms with Crippen molar-refractivity contribution in [3.63, 3.8) is 0 Å². The van der Waals surface area contributed by atoms with Gasteiger partial charge in [-0.15, -0.1) is 0 Å². The van der Waals surface area contributed by atoms with Crippen LogP contribution in [0.2, 0.25) is 0 Å². The molecule has 0 amide bonds. The molecule has 0 aromatic rings. The summed E-state index contributed by atoms with van der Waals surface area (Å²) in [5, 5.41) is 3.39. The largest absolute Gasteiger partial charge is 0.314 e. The number of piperazine rings is 1. The van der Waals surface area contributed by atoms with E-state index in [9.17, 15) is 0 Å². The maximum absolute atomic E-state index is 3.39. The van der Waals surface area contributed by atoms with E-state index < -0.39 is 0 Å². The number of nitrogens with one attached hydrogen (secondary N) is 1. The Labute approximate surface area is 105 Å². The highest BCUT2D eigenvalue weighted by atomic mass is 15.3. The van der Waals surface area contributed by atoms with Crippen molar-refractivity contribution in [3.05, 3.63) is 0 Å². The Bertz CT molecular complexity index is 261. The van der Waals surface area contributed by atoms with Crippen LogP contribution in [0.25, 0.3) is 0 Å². The molecule has 0 aromatic carbocycles. The molecule has 4 aliphatic rings. The van der Waals surface area contributed by atoms with Crippen molar-refractivity contribution in [2.45, 2.75) is 37.8 Å². The average molecular weight is 235 g/mol. The first-order valence-electron chi connectivity index (χ1n) is 7.60. The van der Waals surface area contributed by atoms with Crippen LogP contribution in [0.15, 0.2) is 0 Å². The van der Waals surface area contributed by atoms with E-state index in [1.165, 1.54) is 65.0 Å². The number of nitrogens with zero attached hydrogens (tertiary/aromatic N) is 2. The van der Waals surface area contributed by atoms with Crippen molar-refractivity contribution in [2.75, 3.05) is 39.3 Å². The molecule has 96 valence electrons. The van der Waals surface area contributed by atoms with Crippen molar-refractivity contribution in [2.24, 2.45) is 11.8 Å². The normalized spacial score (nSPS) is 33.0. The number of hydrogen-bond donors (Lipinski definition) is 1. The van der Waals surface area contributed by atoms with Crippen molar-refractivity contribution in [1.82, 2.24) is 15.1 Å². The minimum absolute atomic E-state index is 0.859. The first-order chi connectivity index (χ1) is 8.42.